The molecule has 1 aromatic heterocycles. The summed E-state index contributed by atoms with van der Waals surface area (Å²) in [4.78, 5) is 16.2. The van der Waals surface area contributed by atoms with Gasteiger partial charge in [-0.15, -0.1) is 0 Å². The van der Waals surface area contributed by atoms with Crippen molar-refractivity contribution in [1.29, 1.82) is 0 Å². The maximum absolute atomic E-state index is 13.1. The van der Waals surface area contributed by atoms with Gasteiger partial charge in [0.05, 0.1) is 13.2 Å². The van der Waals surface area contributed by atoms with Crippen LogP contribution in [-0.4, -0.2) is 36.8 Å². The monoisotopic (exact) mass is 351 g/mol. The normalized spacial score (nSPS) is 22.3. The molecule has 5 nitrogen and oxygen atoms in total. The molecule has 2 heterocycles. The van der Waals surface area contributed by atoms with Crippen molar-refractivity contribution in [3.05, 3.63) is 16.7 Å². The molecule has 0 unspecified atom stereocenters. The number of carbonyl (C=O) groups is 1. The highest BCUT2D eigenvalue weighted by atomic mass is 79.9. The number of pyridine rings is 1. The molecule has 0 aromatic carbocycles. The maximum Gasteiger partial charge on any atom is 0.260 e. The fourth-order valence-corrected chi connectivity index (χ4v) is 2.42. The van der Waals surface area contributed by atoms with Gasteiger partial charge in [0.2, 0.25) is 0 Å². The van der Waals surface area contributed by atoms with E-state index in [1.807, 2.05) is 0 Å². The third kappa shape index (κ3) is 3.34. The van der Waals surface area contributed by atoms with E-state index in [1.54, 1.807) is 6.07 Å². The van der Waals surface area contributed by atoms with Crippen LogP contribution in [-0.2, 0) is 4.79 Å². The lowest BCUT2D eigenvalue weighted by molar-refractivity contribution is -0.119. The van der Waals surface area contributed by atoms with Crippen molar-refractivity contribution in [2.24, 2.45) is 0 Å². The molecule has 0 spiro atoms. The summed E-state index contributed by atoms with van der Waals surface area (Å²) in [5.41, 5.74) is 0. The van der Waals surface area contributed by atoms with Gasteiger partial charge in [0.1, 0.15) is 16.5 Å². The second-order valence-electron chi connectivity index (χ2n) is 4.10. The first kappa shape index (κ1) is 14.5. The first-order valence-electron chi connectivity index (χ1n) is 5.60. The van der Waals surface area contributed by atoms with Crippen molar-refractivity contribution in [2.75, 3.05) is 18.1 Å². The van der Waals surface area contributed by atoms with E-state index >= 15 is 0 Å². The zero-order valence-corrected chi connectivity index (χ0v) is 12.4. The lowest BCUT2D eigenvalue weighted by Crippen LogP contribution is -2.39. The van der Waals surface area contributed by atoms with Crippen LogP contribution in [0.3, 0.4) is 0 Å². The van der Waals surface area contributed by atoms with Gasteiger partial charge >= 0.3 is 0 Å². The van der Waals surface area contributed by atoms with Crippen molar-refractivity contribution in [2.45, 2.75) is 18.6 Å². The Kier molecular flexibility index (Phi) is 4.59. The zero-order valence-electron chi connectivity index (χ0n) is 10.1. The van der Waals surface area contributed by atoms with Crippen molar-refractivity contribution in [3.8, 4) is 5.75 Å². The van der Waals surface area contributed by atoms with Crippen LogP contribution in [0.4, 0.5) is 10.2 Å². The highest BCUT2D eigenvalue weighted by Crippen LogP contribution is 2.26. The number of hydrogen-bond acceptors (Lipinski definition) is 4. The fourth-order valence-electron chi connectivity index (χ4n) is 1.81. The number of methoxy groups -OCH3 is 1. The number of hydrogen-bond donors (Lipinski definition) is 1. The molecule has 1 aliphatic rings. The van der Waals surface area contributed by atoms with Crippen LogP contribution in [0.15, 0.2) is 16.7 Å². The Morgan fingerprint density at radius 1 is 1.68 bits per heavy atom. The predicted molar refractivity (Wildman–Crippen MR) is 73.1 cm³/mol. The van der Waals surface area contributed by atoms with Gasteiger partial charge in [0.15, 0.2) is 5.82 Å². The van der Waals surface area contributed by atoms with Gasteiger partial charge < -0.3 is 10.1 Å². The number of nitrogens with zero attached hydrogens (tertiary/aromatic N) is 2. The summed E-state index contributed by atoms with van der Waals surface area (Å²) in [5, 5.41) is 2.78. The molecule has 0 bridgehead atoms. The average Bonchev–Trinajstić information content (AvgIpc) is 2.82. The summed E-state index contributed by atoms with van der Waals surface area (Å²) in [7, 11) is 1.50. The first-order valence-corrected chi connectivity index (χ1v) is 6.73. The average molecular weight is 353 g/mol. The van der Waals surface area contributed by atoms with Crippen LogP contribution in [0.1, 0.15) is 6.42 Å². The quantitative estimate of drug-likeness (QED) is 0.668. The van der Waals surface area contributed by atoms with Crippen LogP contribution in [0.25, 0.3) is 0 Å². The van der Waals surface area contributed by atoms with E-state index in [0.29, 0.717) is 10.4 Å². The zero-order chi connectivity index (χ0) is 14.0. The lowest BCUT2D eigenvalue weighted by atomic mass is 10.2. The Hall–Kier alpha value is -0.920. The number of aromatic nitrogens is 1. The van der Waals surface area contributed by atoms with Gasteiger partial charge in [-0.25, -0.2) is 13.8 Å². The predicted octanol–water partition coefficient (Wildman–Crippen LogP) is 2.04. The topological polar surface area (TPSA) is 54.5 Å². The Morgan fingerprint density at radius 2 is 2.42 bits per heavy atom. The van der Waals surface area contributed by atoms with Gasteiger partial charge in [0.25, 0.3) is 5.91 Å². The van der Waals surface area contributed by atoms with Crippen LogP contribution < -0.4 is 14.5 Å². The number of alkyl halides is 1. The second kappa shape index (κ2) is 6.02. The summed E-state index contributed by atoms with van der Waals surface area (Å²) in [6.45, 7) is 0.163. The Bertz CT molecular complexity index is 491. The number of anilines is 1. The SMILES string of the molecule is COc1cc(Br)nc(N(Cl)C(=O)[C@@H]2C[C@@H](F)CN2)c1. The highest BCUT2D eigenvalue weighted by molar-refractivity contribution is 9.10. The van der Waals surface area contributed by atoms with Crippen molar-refractivity contribution in [3.63, 3.8) is 0 Å². The summed E-state index contributed by atoms with van der Waals surface area (Å²) in [6, 6.07) is 2.54. The minimum absolute atomic E-state index is 0.118. The third-order valence-electron chi connectivity index (χ3n) is 2.76. The molecule has 1 aliphatic heterocycles. The van der Waals surface area contributed by atoms with Gasteiger partial charge in [-0.05, 0) is 15.9 Å². The fraction of sp³-hybridized carbons (Fsp3) is 0.455. The van der Waals surface area contributed by atoms with Crippen LogP contribution in [0.2, 0.25) is 0 Å². The number of carbonyl (C=O) groups excluding carboxylic acids is 1. The van der Waals surface area contributed by atoms with Crippen LogP contribution >= 0.6 is 27.7 Å². The Labute approximate surface area is 123 Å². The summed E-state index contributed by atoms with van der Waals surface area (Å²) in [5.74, 6) is 0.301. The molecule has 1 aromatic rings. The van der Waals surface area contributed by atoms with E-state index in [-0.39, 0.29) is 18.8 Å². The molecule has 8 heteroatoms. The molecular weight excluding hydrogens is 340 g/mol. The van der Waals surface area contributed by atoms with E-state index < -0.39 is 18.1 Å². The Morgan fingerprint density at radius 3 is 3.00 bits per heavy atom. The molecular formula is C11H12BrClFN3O2. The molecule has 1 amide bonds. The van der Waals surface area contributed by atoms with Crippen LogP contribution in [0.5, 0.6) is 5.75 Å². The largest absolute Gasteiger partial charge is 0.497 e. The number of halogens is 3. The molecule has 19 heavy (non-hydrogen) atoms. The van der Waals surface area contributed by atoms with E-state index in [1.165, 1.54) is 13.2 Å². The third-order valence-corrected chi connectivity index (χ3v) is 3.51. The second-order valence-corrected chi connectivity index (χ2v) is 5.25. The molecule has 0 radical (unpaired) electrons. The standard InChI is InChI=1S/C11H12BrClFN3O2/c1-19-7-3-9(12)16-10(4-7)17(13)11(18)8-2-6(14)5-15-8/h3-4,6,8,15H,2,5H2,1H3/t6-,8+/m1/s1. The van der Waals surface area contributed by atoms with Gasteiger partial charge in [-0.3, -0.25) is 4.79 Å². The molecule has 0 aliphatic carbocycles. The minimum atomic E-state index is -1.02. The molecule has 0 saturated carbocycles. The van der Waals surface area contributed by atoms with E-state index in [0.717, 1.165) is 4.42 Å². The van der Waals surface area contributed by atoms with E-state index in [4.69, 9.17) is 16.5 Å². The maximum atomic E-state index is 13.1. The van der Waals surface area contributed by atoms with Crippen molar-refractivity contribution >= 4 is 39.4 Å². The molecule has 104 valence electrons. The van der Waals surface area contributed by atoms with Gasteiger partial charge in [-0.2, -0.15) is 0 Å². The van der Waals surface area contributed by atoms with Crippen molar-refractivity contribution < 1.29 is 13.9 Å². The van der Waals surface area contributed by atoms with Gasteiger partial charge in [-0.1, -0.05) is 0 Å². The molecule has 1 saturated heterocycles. The molecule has 1 fully saturated rings. The summed E-state index contributed by atoms with van der Waals surface area (Å²) < 4.78 is 19.5. The van der Waals surface area contributed by atoms with Gasteiger partial charge in [0, 0.05) is 36.9 Å². The van der Waals surface area contributed by atoms with Crippen LogP contribution in [0, 0.1) is 0 Å². The first-order chi connectivity index (χ1) is 9.01. The summed E-state index contributed by atoms with van der Waals surface area (Å²) in [6.07, 6.45) is -0.906. The summed E-state index contributed by atoms with van der Waals surface area (Å²) >= 11 is 9.17. The van der Waals surface area contributed by atoms with Crippen molar-refractivity contribution in [1.82, 2.24) is 10.3 Å². The molecule has 2 atom stereocenters. The Balaban J connectivity index is 2.16. The molecule has 2 rings (SSSR count). The number of ether oxygens (including phenoxy) is 1. The lowest BCUT2D eigenvalue weighted by Gasteiger charge is -2.17. The minimum Gasteiger partial charge on any atom is -0.497 e. The molecule has 1 N–H and O–H groups in total. The smallest absolute Gasteiger partial charge is 0.260 e. The number of rotatable bonds is 3. The van der Waals surface area contributed by atoms with E-state index in [2.05, 4.69) is 26.2 Å². The van der Waals surface area contributed by atoms with E-state index in [9.17, 15) is 9.18 Å². The number of amides is 1. The highest BCUT2D eigenvalue weighted by Gasteiger charge is 2.33. The number of nitrogens with one attached hydrogen (secondary N) is 1.